The standard InChI is InChI=1S/C26H25Cl3N2O2/c1-17-15-19(26(32)30-31-13-3-2-4-14-31)7-12-24(17)33-25(18-5-8-20(27)9-6-18)22-11-10-21(28)16-23(22)29/h5-12,15-16,25H,2-4,13-14H2,1H3,(H,30,32). The van der Waals surface area contributed by atoms with Crippen molar-refractivity contribution in [2.45, 2.75) is 32.3 Å². The van der Waals surface area contributed by atoms with Crippen molar-refractivity contribution in [1.29, 1.82) is 0 Å². The van der Waals surface area contributed by atoms with E-state index in [-0.39, 0.29) is 5.91 Å². The highest BCUT2D eigenvalue weighted by Gasteiger charge is 2.21. The summed E-state index contributed by atoms with van der Waals surface area (Å²) in [7, 11) is 0. The number of carbonyl (C=O) groups is 1. The Kier molecular flexibility index (Phi) is 7.82. The molecule has 0 spiro atoms. The van der Waals surface area contributed by atoms with Gasteiger partial charge in [0.2, 0.25) is 0 Å². The summed E-state index contributed by atoms with van der Waals surface area (Å²) in [5.41, 5.74) is 6.14. The van der Waals surface area contributed by atoms with Crippen molar-refractivity contribution in [3.8, 4) is 5.75 Å². The number of carbonyl (C=O) groups excluding carboxylic acids is 1. The van der Waals surface area contributed by atoms with E-state index < -0.39 is 6.10 Å². The molecule has 33 heavy (non-hydrogen) atoms. The summed E-state index contributed by atoms with van der Waals surface area (Å²) in [6, 6.07) is 18.3. The van der Waals surface area contributed by atoms with Crippen molar-refractivity contribution >= 4 is 40.7 Å². The summed E-state index contributed by atoms with van der Waals surface area (Å²) in [5, 5.41) is 3.70. The van der Waals surface area contributed by atoms with E-state index in [1.54, 1.807) is 18.2 Å². The van der Waals surface area contributed by atoms with Gasteiger partial charge in [0.25, 0.3) is 5.91 Å². The van der Waals surface area contributed by atoms with Crippen LogP contribution in [0.1, 0.15) is 52.4 Å². The van der Waals surface area contributed by atoms with E-state index in [2.05, 4.69) is 5.43 Å². The van der Waals surface area contributed by atoms with Crippen LogP contribution in [0, 0.1) is 6.92 Å². The van der Waals surface area contributed by atoms with Gasteiger partial charge in [0.05, 0.1) is 0 Å². The number of piperidine rings is 1. The number of ether oxygens (including phenoxy) is 1. The third kappa shape index (κ3) is 6.01. The maximum absolute atomic E-state index is 12.7. The molecule has 1 aliphatic heterocycles. The molecule has 3 aromatic rings. The molecule has 0 aromatic heterocycles. The van der Waals surface area contributed by atoms with Gasteiger partial charge < -0.3 is 4.74 Å². The number of aryl methyl sites for hydroxylation is 1. The van der Waals surface area contributed by atoms with Gasteiger partial charge in [-0.2, -0.15) is 0 Å². The predicted octanol–water partition coefficient (Wildman–Crippen LogP) is 7.25. The zero-order valence-electron chi connectivity index (χ0n) is 18.3. The number of benzene rings is 3. The van der Waals surface area contributed by atoms with Crippen molar-refractivity contribution in [1.82, 2.24) is 10.4 Å². The molecule has 1 saturated heterocycles. The maximum atomic E-state index is 12.7. The van der Waals surface area contributed by atoms with Crippen LogP contribution in [0.4, 0.5) is 0 Å². The van der Waals surface area contributed by atoms with E-state index in [1.165, 1.54) is 6.42 Å². The fourth-order valence-electron chi connectivity index (χ4n) is 3.93. The average Bonchev–Trinajstić information content (AvgIpc) is 2.80. The third-order valence-electron chi connectivity index (χ3n) is 5.72. The van der Waals surface area contributed by atoms with Gasteiger partial charge in [0, 0.05) is 39.3 Å². The van der Waals surface area contributed by atoms with Crippen LogP contribution in [0.25, 0.3) is 0 Å². The second-order valence-electron chi connectivity index (χ2n) is 8.18. The van der Waals surface area contributed by atoms with Crippen LogP contribution < -0.4 is 10.2 Å². The summed E-state index contributed by atoms with van der Waals surface area (Å²) < 4.78 is 6.45. The Bertz CT molecular complexity index is 1130. The average molecular weight is 504 g/mol. The lowest BCUT2D eigenvalue weighted by Gasteiger charge is -2.27. The zero-order valence-corrected chi connectivity index (χ0v) is 20.6. The van der Waals surface area contributed by atoms with Gasteiger partial charge in [-0.15, -0.1) is 0 Å². The lowest BCUT2D eigenvalue weighted by atomic mass is 10.0. The Morgan fingerprint density at radius 2 is 1.61 bits per heavy atom. The van der Waals surface area contributed by atoms with E-state index in [9.17, 15) is 4.79 Å². The van der Waals surface area contributed by atoms with Crippen molar-refractivity contribution < 1.29 is 9.53 Å². The predicted molar refractivity (Wildman–Crippen MR) is 134 cm³/mol. The molecule has 3 aromatic carbocycles. The minimum Gasteiger partial charge on any atom is -0.481 e. The van der Waals surface area contributed by atoms with Gasteiger partial charge in [-0.1, -0.05) is 59.4 Å². The lowest BCUT2D eigenvalue weighted by Crippen LogP contribution is -2.45. The van der Waals surface area contributed by atoms with Gasteiger partial charge in [-0.25, -0.2) is 5.01 Å². The number of nitrogens with zero attached hydrogens (tertiary/aromatic N) is 1. The second kappa shape index (κ2) is 10.8. The van der Waals surface area contributed by atoms with Crippen LogP contribution >= 0.6 is 34.8 Å². The monoisotopic (exact) mass is 502 g/mol. The molecule has 1 heterocycles. The highest BCUT2D eigenvalue weighted by Crippen LogP contribution is 2.36. The van der Waals surface area contributed by atoms with E-state index in [4.69, 9.17) is 39.5 Å². The van der Waals surface area contributed by atoms with Crippen LogP contribution in [0.2, 0.25) is 15.1 Å². The molecule has 1 unspecified atom stereocenters. The zero-order chi connectivity index (χ0) is 23.4. The molecular weight excluding hydrogens is 479 g/mol. The fourth-order valence-corrected chi connectivity index (χ4v) is 4.56. The first-order valence-corrected chi connectivity index (χ1v) is 12.1. The first-order chi connectivity index (χ1) is 15.9. The minimum absolute atomic E-state index is 0.110. The highest BCUT2D eigenvalue weighted by atomic mass is 35.5. The van der Waals surface area contributed by atoms with Crippen LogP contribution in [-0.2, 0) is 0 Å². The summed E-state index contributed by atoms with van der Waals surface area (Å²) in [5.74, 6) is 0.553. The Balaban J connectivity index is 1.59. The molecular formula is C26H25Cl3N2O2. The molecule has 172 valence electrons. The van der Waals surface area contributed by atoms with Gasteiger partial charge in [0.1, 0.15) is 5.75 Å². The molecule has 7 heteroatoms. The fraction of sp³-hybridized carbons (Fsp3) is 0.269. The summed E-state index contributed by atoms with van der Waals surface area (Å²) in [4.78, 5) is 12.7. The van der Waals surface area contributed by atoms with E-state index in [0.29, 0.717) is 26.4 Å². The smallest absolute Gasteiger partial charge is 0.265 e. The highest BCUT2D eigenvalue weighted by molar-refractivity contribution is 6.35. The second-order valence-corrected chi connectivity index (χ2v) is 9.46. The third-order valence-corrected chi connectivity index (χ3v) is 6.53. The molecule has 0 saturated carbocycles. The molecule has 1 amide bonds. The first-order valence-electron chi connectivity index (χ1n) is 10.9. The van der Waals surface area contributed by atoms with Crippen molar-refractivity contribution in [2.24, 2.45) is 0 Å². The van der Waals surface area contributed by atoms with Crippen LogP contribution in [0.5, 0.6) is 5.75 Å². The molecule has 4 rings (SSSR count). The largest absolute Gasteiger partial charge is 0.481 e. The Morgan fingerprint density at radius 3 is 2.27 bits per heavy atom. The number of rotatable bonds is 6. The van der Waals surface area contributed by atoms with Crippen molar-refractivity contribution in [3.05, 3.63) is 98.0 Å². The number of amides is 1. The molecule has 4 nitrogen and oxygen atoms in total. The van der Waals surface area contributed by atoms with Crippen molar-refractivity contribution in [3.63, 3.8) is 0 Å². The number of hydrazine groups is 1. The number of nitrogens with one attached hydrogen (secondary N) is 1. The molecule has 1 aliphatic rings. The Morgan fingerprint density at radius 1 is 0.909 bits per heavy atom. The van der Waals surface area contributed by atoms with Gasteiger partial charge in [-0.05, 0) is 73.4 Å². The first kappa shape index (κ1) is 23.9. The number of hydrogen-bond acceptors (Lipinski definition) is 3. The number of halogens is 3. The molecule has 0 aliphatic carbocycles. The quantitative estimate of drug-likeness (QED) is 0.385. The van der Waals surface area contributed by atoms with E-state index in [1.807, 2.05) is 54.4 Å². The Labute approximate surface area is 209 Å². The maximum Gasteiger partial charge on any atom is 0.265 e. The van der Waals surface area contributed by atoms with Gasteiger partial charge in [0.15, 0.2) is 6.10 Å². The normalized spacial score (nSPS) is 15.2. The molecule has 0 bridgehead atoms. The molecule has 1 N–H and O–H groups in total. The van der Waals surface area contributed by atoms with Crippen LogP contribution in [0.15, 0.2) is 60.7 Å². The van der Waals surface area contributed by atoms with Gasteiger partial charge >= 0.3 is 0 Å². The number of hydrogen-bond donors (Lipinski definition) is 1. The van der Waals surface area contributed by atoms with Crippen molar-refractivity contribution in [2.75, 3.05) is 13.1 Å². The Hall–Kier alpha value is -2.24. The molecule has 0 radical (unpaired) electrons. The van der Waals surface area contributed by atoms with Crippen LogP contribution in [-0.4, -0.2) is 24.0 Å². The molecule has 1 fully saturated rings. The van der Waals surface area contributed by atoms with Crippen LogP contribution in [0.3, 0.4) is 0 Å². The van der Waals surface area contributed by atoms with E-state index >= 15 is 0 Å². The van der Waals surface area contributed by atoms with E-state index in [0.717, 1.165) is 42.6 Å². The summed E-state index contributed by atoms with van der Waals surface area (Å²) >= 11 is 18.7. The molecule has 1 atom stereocenters. The summed E-state index contributed by atoms with van der Waals surface area (Å²) in [6.07, 6.45) is 2.94. The topological polar surface area (TPSA) is 41.6 Å². The summed E-state index contributed by atoms with van der Waals surface area (Å²) in [6.45, 7) is 3.70. The lowest BCUT2D eigenvalue weighted by molar-refractivity contribution is 0.0750. The minimum atomic E-state index is -0.473. The SMILES string of the molecule is Cc1cc(C(=O)NN2CCCCC2)ccc1OC(c1ccc(Cl)cc1)c1ccc(Cl)cc1Cl. The van der Waals surface area contributed by atoms with Gasteiger partial charge in [-0.3, -0.25) is 10.2 Å².